The Balaban J connectivity index is 2.33. The van der Waals surface area contributed by atoms with Gasteiger partial charge in [0.1, 0.15) is 0 Å². The van der Waals surface area contributed by atoms with Crippen molar-refractivity contribution in [1.29, 1.82) is 0 Å². The predicted octanol–water partition coefficient (Wildman–Crippen LogP) is 2.14. The van der Waals surface area contributed by atoms with Crippen molar-refractivity contribution in [2.24, 2.45) is 5.73 Å². The number of hydrogen-bond acceptors (Lipinski definition) is 1. The van der Waals surface area contributed by atoms with E-state index in [0.717, 1.165) is 11.3 Å². The van der Waals surface area contributed by atoms with Crippen LogP contribution < -0.4 is 5.73 Å². The highest BCUT2D eigenvalue weighted by Crippen LogP contribution is 2.16. The SMILES string of the molecule is NCc1ccc(-c2ccc[nH]2)cc1. The summed E-state index contributed by atoms with van der Waals surface area (Å²) in [5.41, 5.74) is 9.01. The molecule has 0 saturated heterocycles. The van der Waals surface area contributed by atoms with Gasteiger partial charge in [0.2, 0.25) is 0 Å². The van der Waals surface area contributed by atoms with E-state index in [0.29, 0.717) is 6.54 Å². The highest BCUT2D eigenvalue weighted by atomic mass is 14.7. The average Bonchev–Trinajstić information content (AvgIpc) is 2.71. The molecular formula is C11H12N2. The van der Waals surface area contributed by atoms with Gasteiger partial charge in [-0.05, 0) is 23.3 Å². The van der Waals surface area contributed by atoms with Gasteiger partial charge in [0.25, 0.3) is 0 Å². The molecule has 0 unspecified atom stereocenters. The zero-order chi connectivity index (χ0) is 9.10. The summed E-state index contributed by atoms with van der Waals surface area (Å²) in [5, 5.41) is 0. The van der Waals surface area contributed by atoms with E-state index in [1.807, 2.05) is 12.3 Å². The molecule has 66 valence electrons. The van der Waals surface area contributed by atoms with Crippen molar-refractivity contribution in [2.45, 2.75) is 6.54 Å². The predicted molar refractivity (Wildman–Crippen MR) is 54.1 cm³/mol. The summed E-state index contributed by atoms with van der Waals surface area (Å²) < 4.78 is 0. The lowest BCUT2D eigenvalue weighted by Crippen LogP contribution is -1.95. The van der Waals surface area contributed by atoms with Crippen LogP contribution in [0, 0.1) is 0 Å². The Morgan fingerprint density at radius 3 is 2.38 bits per heavy atom. The fraction of sp³-hybridized carbons (Fsp3) is 0.0909. The summed E-state index contributed by atoms with van der Waals surface area (Å²) in [4.78, 5) is 3.16. The molecule has 0 atom stereocenters. The van der Waals surface area contributed by atoms with Crippen molar-refractivity contribution in [3.63, 3.8) is 0 Å². The third-order valence-corrected chi connectivity index (χ3v) is 2.10. The van der Waals surface area contributed by atoms with Gasteiger partial charge in [0.15, 0.2) is 0 Å². The van der Waals surface area contributed by atoms with Crippen LogP contribution in [0.25, 0.3) is 11.3 Å². The van der Waals surface area contributed by atoms with E-state index < -0.39 is 0 Å². The first-order valence-corrected chi connectivity index (χ1v) is 4.33. The molecule has 0 bridgehead atoms. The van der Waals surface area contributed by atoms with Crippen LogP contribution in [-0.4, -0.2) is 4.98 Å². The number of nitrogens with two attached hydrogens (primary N) is 1. The van der Waals surface area contributed by atoms with Crippen molar-refractivity contribution in [2.75, 3.05) is 0 Å². The first-order chi connectivity index (χ1) is 6.40. The monoisotopic (exact) mass is 172 g/mol. The van der Waals surface area contributed by atoms with Crippen LogP contribution in [0.4, 0.5) is 0 Å². The van der Waals surface area contributed by atoms with Crippen LogP contribution >= 0.6 is 0 Å². The first-order valence-electron chi connectivity index (χ1n) is 4.33. The number of hydrogen-bond donors (Lipinski definition) is 2. The molecule has 1 aromatic heterocycles. The molecule has 3 N–H and O–H groups in total. The summed E-state index contributed by atoms with van der Waals surface area (Å²) in [6.07, 6.45) is 1.92. The Morgan fingerprint density at radius 2 is 1.85 bits per heavy atom. The largest absolute Gasteiger partial charge is 0.361 e. The van der Waals surface area contributed by atoms with E-state index in [1.54, 1.807) is 0 Å². The van der Waals surface area contributed by atoms with Crippen molar-refractivity contribution in [3.8, 4) is 11.3 Å². The normalized spacial score (nSPS) is 10.2. The molecule has 2 rings (SSSR count). The minimum atomic E-state index is 0.602. The summed E-state index contributed by atoms with van der Waals surface area (Å²) >= 11 is 0. The number of benzene rings is 1. The number of aromatic amines is 1. The van der Waals surface area contributed by atoms with E-state index in [4.69, 9.17) is 5.73 Å². The topological polar surface area (TPSA) is 41.8 Å². The van der Waals surface area contributed by atoms with E-state index >= 15 is 0 Å². The molecule has 0 amide bonds. The maximum Gasteiger partial charge on any atom is 0.0453 e. The number of rotatable bonds is 2. The summed E-state index contributed by atoms with van der Waals surface area (Å²) in [6, 6.07) is 12.3. The lowest BCUT2D eigenvalue weighted by Gasteiger charge is -1.99. The molecular weight excluding hydrogens is 160 g/mol. The lowest BCUT2D eigenvalue weighted by molar-refractivity contribution is 1.07. The summed E-state index contributed by atoms with van der Waals surface area (Å²) in [7, 11) is 0. The Labute approximate surface area is 77.4 Å². The molecule has 0 radical (unpaired) electrons. The fourth-order valence-electron chi connectivity index (χ4n) is 1.33. The number of aromatic nitrogens is 1. The highest BCUT2D eigenvalue weighted by Gasteiger charge is 1.96. The molecule has 0 saturated carbocycles. The second kappa shape index (κ2) is 3.46. The minimum Gasteiger partial charge on any atom is -0.361 e. The molecule has 0 fully saturated rings. The molecule has 0 aliphatic heterocycles. The van der Waals surface area contributed by atoms with Gasteiger partial charge < -0.3 is 10.7 Å². The highest BCUT2D eigenvalue weighted by molar-refractivity contribution is 5.59. The quantitative estimate of drug-likeness (QED) is 0.716. The minimum absolute atomic E-state index is 0.602. The van der Waals surface area contributed by atoms with Crippen LogP contribution in [0.15, 0.2) is 42.6 Å². The molecule has 0 aliphatic rings. The molecule has 0 spiro atoms. The fourth-order valence-corrected chi connectivity index (χ4v) is 1.33. The maximum atomic E-state index is 5.51. The van der Waals surface area contributed by atoms with Crippen LogP contribution in [0.2, 0.25) is 0 Å². The van der Waals surface area contributed by atoms with Crippen LogP contribution in [0.5, 0.6) is 0 Å². The zero-order valence-corrected chi connectivity index (χ0v) is 7.33. The smallest absolute Gasteiger partial charge is 0.0453 e. The van der Waals surface area contributed by atoms with Crippen molar-refractivity contribution in [3.05, 3.63) is 48.2 Å². The Hall–Kier alpha value is -1.54. The zero-order valence-electron chi connectivity index (χ0n) is 7.33. The molecule has 2 aromatic rings. The van der Waals surface area contributed by atoms with Crippen LogP contribution in [0.3, 0.4) is 0 Å². The van der Waals surface area contributed by atoms with Crippen molar-refractivity contribution >= 4 is 0 Å². The Morgan fingerprint density at radius 1 is 1.08 bits per heavy atom. The summed E-state index contributed by atoms with van der Waals surface area (Å²) in [6.45, 7) is 0.602. The molecule has 2 nitrogen and oxygen atoms in total. The van der Waals surface area contributed by atoms with Gasteiger partial charge >= 0.3 is 0 Å². The molecule has 0 aliphatic carbocycles. The third-order valence-electron chi connectivity index (χ3n) is 2.10. The molecule has 1 heterocycles. The van der Waals surface area contributed by atoms with Gasteiger partial charge in [-0.3, -0.25) is 0 Å². The van der Waals surface area contributed by atoms with E-state index in [9.17, 15) is 0 Å². The second-order valence-electron chi connectivity index (χ2n) is 2.98. The number of H-pyrrole nitrogens is 1. The van der Waals surface area contributed by atoms with Gasteiger partial charge in [0.05, 0.1) is 0 Å². The van der Waals surface area contributed by atoms with Crippen molar-refractivity contribution < 1.29 is 0 Å². The van der Waals surface area contributed by atoms with Gasteiger partial charge in [-0.2, -0.15) is 0 Å². The maximum absolute atomic E-state index is 5.51. The van der Waals surface area contributed by atoms with E-state index in [-0.39, 0.29) is 0 Å². The van der Waals surface area contributed by atoms with Crippen LogP contribution in [0.1, 0.15) is 5.56 Å². The summed E-state index contributed by atoms with van der Waals surface area (Å²) in [5.74, 6) is 0. The Bertz CT molecular complexity index is 359. The molecule has 1 aromatic carbocycles. The van der Waals surface area contributed by atoms with E-state index in [2.05, 4.69) is 35.3 Å². The van der Waals surface area contributed by atoms with Gasteiger partial charge in [-0.15, -0.1) is 0 Å². The van der Waals surface area contributed by atoms with E-state index in [1.165, 1.54) is 5.56 Å². The standard InChI is InChI=1S/C11H12N2/c12-8-9-3-5-10(6-4-9)11-2-1-7-13-11/h1-7,13H,8,12H2. The molecule has 2 heteroatoms. The Kier molecular flexibility index (Phi) is 2.15. The lowest BCUT2D eigenvalue weighted by atomic mass is 10.1. The van der Waals surface area contributed by atoms with Crippen LogP contribution in [-0.2, 0) is 6.54 Å². The van der Waals surface area contributed by atoms with Gasteiger partial charge in [-0.25, -0.2) is 0 Å². The average molecular weight is 172 g/mol. The van der Waals surface area contributed by atoms with Gasteiger partial charge in [0, 0.05) is 18.4 Å². The first kappa shape index (κ1) is 8.08. The third kappa shape index (κ3) is 1.63. The van der Waals surface area contributed by atoms with Gasteiger partial charge in [-0.1, -0.05) is 24.3 Å². The van der Waals surface area contributed by atoms with Crippen molar-refractivity contribution in [1.82, 2.24) is 4.98 Å². The second-order valence-corrected chi connectivity index (χ2v) is 2.98. The number of nitrogens with one attached hydrogen (secondary N) is 1. The molecule has 13 heavy (non-hydrogen) atoms.